The molecule has 0 heterocycles. The minimum atomic E-state index is 0.719. The Kier molecular flexibility index (Phi) is 10.0. The second-order valence-corrected chi connectivity index (χ2v) is 5.21. The summed E-state index contributed by atoms with van der Waals surface area (Å²) in [5.41, 5.74) is 1.55. The van der Waals surface area contributed by atoms with Crippen molar-refractivity contribution in [3.63, 3.8) is 0 Å². The van der Waals surface area contributed by atoms with Crippen molar-refractivity contribution >= 4 is 12.6 Å². The molecule has 0 amide bonds. The summed E-state index contributed by atoms with van der Waals surface area (Å²) < 4.78 is 0. The van der Waals surface area contributed by atoms with E-state index >= 15 is 0 Å². The van der Waals surface area contributed by atoms with Crippen molar-refractivity contribution in [2.75, 3.05) is 0 Å². The van der Waals surface area contributed by atoms with E-state index in [4.69, 9.17) is 0 Å². The number of rotatable bonds is 4. The molecule has 1 aromatic rings. The normalized spacial score (nSPS) is 11.1. The number of hydrogen-bond acceptors (Lipinski definition) is 1. The predicted molar refractivity (Wildman–Crippen MR) is 81.8 cm³/mol. The molecule has 0 aliphatic rings. The van der Waals surface area contributed by atoms with E-state index in [1.807, 2.05) is 30.3 Å². The Balaban J connectivity index is 0.000000318. The fourth-order valence-corrected chi connectivity index (χ4v) is 1.71. The molecule has 1 rings (SSSR count). The van der Waals surface area contributed by atoms with Crippen molar-refractivity contribution in [3.05, 3.63) is 42.0 Å². The molecular weight excluding hydrogens is 224 g/mol. The minimum absolute atomic E-state index is 0.719. The van der Waals surface area contributed by atoms with Crippen LogP contribution in [0.4, 0.5) is 0 Å². The molecule has 0 aliphatic carbocycles. The molecule has 0 aromatic heterocycles. The molecule has 0 nitrogen and oxygen atoms in total. The van der Waals surface area contributed by atoms with Crippen LogP contribution in [-0.2, 0) is 0 Å². The van der Waals surface area contributed by atoms with Crippen molar-refractivity contribution in [2.45, 2.75) is 51.9 Å². The predicted octanol–water partition coefficient (Wildman–Crippen LogP) is 5.75. The van der Waals surface area contributed by atoms with Gasteiger partial charge in [0.15, 0.2) is 0 Å². The van der Waals surface area contributed by atoms with Gasteiger partial charge in [0.1, 0.15) is 0 Å². The topological polar surface area (TPSA) is 0 Å². The number of allylic oxidation sites excluding steroid dienone is 2. The monoisotopic (exact) mass is 250 g/mol. The first-order valence-electron chi connectivity index (χ1n) is 6.47. The van der Waals surface area contributed by atoms with Crippen molar-refractivity contribution in [1.29, 1.82) is 0 Å². The summed E-state index contributed by atoms with van der Waals surface area (Å²) in [5, 5.41) is 0. The van der Waals surface area contributed by atoms with Crippen LogP contribution < -0.4 is 0 Å². The molecule has 0 fully saturated rings. The third-order valence-corrected chi connectivity index (χ3v) is 2.60. The highest BCUT2D eigenvalue weighted by molar-refractivity contribution is 7.80. The Hall–Kier alpha value is -0.690. The summed E-state index contributed by atoms with van der Waals surface area (Å²) in [6.07, 6.45) is 6.29. The van der Waals surface area contributed by atoms with Crippen LogP contribution in [0.3, 0.4) is 0 Å². The second-order valence-electron chi connectivity index (χ2n) is 4.70. The van der Waals surface area contributed by atoms with E-state index in [2.05, 4.69) is 46.4 Å². The van der Waals surface area contributed by atoms with Gasteiger partial charge in [0.25, 0.3) is 0 Å². The van der Waals surface area contributed by atoms with Crippen LogP contribution in [0.5, 0.6) is 0 Å². The maximum Gasteiger partial charge on any atom is 0.00399 e. The molecule has 0 unspecified atom stereocenters. The molecular formula is C16H26S. The minimum Gasteiger partial charge on any atom is -0.143 e. The second kappa shape index (κ2) is 10.5. The summed E-state index contributed by atoms with van der Waals surface area (Å²) in [6, 6.07) is 9.79. The van der Waals surface area contributed by atoms with Gasteiger partial charge in [-0.15, -0.1) is 12.6 Å². The first-order chi connectivity index (χ1) is 8.06. The van der Waals surface area contributed by atoms with Crippen molar-refractivity contribution in [3.8, 4) is 0 Å². The summed E-state index contributed by atoms with van der Waals surface area (Å²) in [6.45, 7) is 8.93. The van der Waals surface area contributed by atoms with E-state index < -0.39 is 0 Å². The third-order valence-electron chi connectivity index (χ3n) is 2.30. The quantitative estimate of drug-likeness (QED) is 0.510. The number of unbranched alkanes of at least 4 members (excludes halogenated alkanes) is 1. The molecule has 0 saturated heterocycles. The smallest absolute Gasteiger partial charge is 0.00399 e. The molecule has 17 heavy (non-hydrogen) atoms. The molecule has 1 aromatic carbocycles. The lowest BCUT2D eigenvalue weighted by Crippen LogP contribution is -1.83. The molecule has 0 saturated carbocycles. The van der Waals surface area contributed by atoms with Crippen LogP contribution in [0.2, 0.25) is 0 Å². The lowest BCUT2D eigenvalue weighted by molar-refractivity contribution is 0.759. The van der Waals surface area contributed by atoms with Gasteiger partial charge < -0.3 is 0 Å². The number of benzene rings is 1. The Morgan fingerprint density at radius 1 is 1.24 bits per heavy atom. The fourth-order valence-electron chi connectivity index (χ4n) is 1.54. The zero-order chi connectivity index (χ0) is 13.1. The lowest BCUT2D eigenvalue weighted by Gasteiger charge is -2.01. The lowest BCUT2D eigenvalue weighted by atomic mass is 10.1. The van der Waals surface area contributed by atoms with Gasteiger partial charge >= 0.3 is 0 Å². The Bertz CT molecular complexity index is 299. The van der Waals surface area contributed by atoms with Crippen LogP contribution in [0.1, 0.15) is 47.0 Å². The van der Waals surface area contributed by atoms with E-state index in [0.29, 0.717) is 0 Å². The Labute approximate surface area is 113 Å². The van der Waals surface area contributed by atoms with Gasteiger partial charge in [-0.05, 0) is 37.8 Å². The van der Waals surface area contributed by atoms with Crippen LogP contribution in [0, 0.1) is 5.92 Å². The van der Waals surface area contributed by atoms with Crippen molar-refractivity contribution in [2.24, 2.45) is 5.92 Å². The van der Waals surface area contributed by atoms with Gasteiger partial charge in [-0.3, -0.25) is 0 Å². The summed E-state index contributed by atoms with van der Waals surface area (Å²) in [4.78, 5) is 1.02. The van der Waals surface area contributed by atoms with Crippen molar-refractivity contribution in [1.82, 2.24) is 0 Å². The van der Waals surface area contributed by atoms with Gasteiger partial charge in [0.05, 0.1) is 0 Å². The van der Waals surface area contributed by atoms with E-state index in [9.17, 15) is 0 Å². The van der Waals surface area contributed by atoms with Crippen LogP contribution in [0.15, 0.2) is 46.9 Å². The van der Waals surface area contributed by atoms with Gasteiger partial charge in [0.2, 0.25) is 0 Å². The van der Waals surface area contributed by atoms with Gasteiger partial charge in [-0.1, -0.05) is 57.0 Å². The number of hydrogen-bond donors (Lipinski definition) is 1. The van der Waals surface area contributed by atoms with E-state index in [-0.39, 0.29) is 0 Å². The van der Waals surface area contributed by atoms with Crippen LogP contribution >= 0.6 is 12.6 Å². The molecule has 1 heteroatoms. The third kappa shape index (κ3) is 11.6. The Morgan fingerprint density at radius 3 is 2.18 bits per heavy atom. The fraction of sp³-hybridized carbons (Fsp3) is 0.500. The van der Waals surface area contributed by atoms with Gasteiger partial charge in [0, 0.05) is 4.90 Å². The average Bonchev–Trinajstić information content (AvgIpc) is 2.27. The number of thiol groups is 1. The molecule has 0 bridgehead atoms. The molecule has 96 valence electrons. The largest absolute Gasteiger partial charge is 0.143 e. The highest BCUT2D eigenvalue weighted by atomic mass is 32.1. The Morgan fingerprint density at radius 2 is 1.82 bits per heavy atom. The standard InChI is InChI=1S/C10H20.C6H6S/c1-5-6-7-10(4)8-9(2)3;7-6-4-2-1-3-5-6/h8-9H,5-7H2,1-4H3;1-5,7H/b10-8-;. The van der Waals surface area contributed by atoms with E-state index in [1.54, 1.807) is 5.57 Å². The van der Waals surface area contributed by atoms with E-state index in [0.717, 1.165) is 10.8 Å². The summed E-state index contributed by atoms with van der Waals surface area (Å²) in [7, 11) is 0. The molecule has 0 radical (unpaired) electrons. The highest BCUT2D eigenvalue weighted by Gasteiger charge is 1.90. The maximum atomic E-state index is 4.08. The summed E-state index contributed by atoms with van der Waals surface area (Å²) in [5.74, 6) is 0.719. The van der Waals surface area contributed by atoms with Crippen molar-refractivity contribution < 1.29 is 0 Å². The zero-order valence-corrected chi connectivity index (χ0v) is 12.5. The summed E-state index contributed by atoms with van der Waals surface area (Å²) >= 11 is 4.08. The van der Waals surface area contributed by atoms with E-state index in [1.165, 1.54) is 19.3 Å². The first-order valence-corrected chi connectivity index (χ1v) is 6.92. The zero-order valence-electron chi connectivity index (χ0n) is 11.6. The first kappa shape index (κ1) is 16.3. The molecule has 0 atom stereocenters. The van der Waals surface area contributed by atoms with Crippen LogP contribution in [0.25, 0.3) is 0 Å². The molecule has 0 spiro atoms. The maximum absolute atomic E-state index is 4.08. The van der Waals surface area contributed by atoms with Gasteiger partial charge in [-0.2, -0.15) is 0 Å². The average molecular weight is 250 g/mol. The van der Waals surface area contributed by atoms with Gasteiger partial charge in [-0.25, -0.2) is 0 Å². The molecule has 0 N–H and O–H groups in total. The molecule has 0 aliphatic heterocycles. The highest BCUT2D eigenvalue weighted by Crippen LogP contribution is 2.09. The van der Waals surface area contributed by atoms with Crippen LogP contribution in [-0.4, -0.2) is 0 Å². The SMILES string of the molecule is CCCC/C(C)=C\C(C)C.Sc1ccccc1.